The van der Waals surface area contributed by atoms with Crippen LogP contribution in [-0.2, 0) is 12.7 Å². The number of para-hydroxylation sites is 1. The first-order valence-electron chi connectivity index (χ1n) is 10.0. The van der Waals surface area contributed by atoms with Crippen LogP contribution in [0.1, 0.15) is 11.1 Å². The summed E-state index contributed by atoms with van der Waals surface area (Å²) in [6.07, 6.45) is -7.62. The van der Waals surface area contributed by atoms with Gasteiger partial charge in [0.1, 0.15) is 0 Å². The molecule has 4 rings (SSSR count). The third-order valence-corrected chi connectivity index (χ3v) is 4.58. The molecule has 0 fully saturated rings. The van der Waals surface area contributed by atoms with Gasteiger partial charge in [0, 0.05) is 23.8 Å². The number of benzene rings is 2. The van der Waals surface area contributed by atoms with Crippen LogP contribution in [0.3, 0.4) is 0 Å². The predicted octanol–water partition coefficient (Wildman–Crippen LogP) is 5.74. The van der Waals surface area contributed by atoms with Crippen LogP contribution in [-0.4, -0.2) is 32.7 Å². The second-order valence-corrected chi connectivity index (χ2v) is 7.22. The highest BCUT2D eigenvalue weighted by atomic mass is 19.4. The van der Waals surface area contributed by atoms with E-state index in [0.29, 0.717) is 5.52 Å². The molecule has 7 nitrogen and oxygen atoms in total. The van der Waals surface area contributed by atoms with E-state index in [-0.39, 0.29) is 24.1 Å². The molecule has 0 unspecified atom stereocenters. The molecule has 182 valence electrons. The Morgan fingerprint density at radius 1 is 0.829 bits per heavy atom. The van der Waals surface area contributed by atoms with Crippen LogP contribution in [0.2, 0.25) is 0 Å². The maximum Gasteiger partial charge on any atom is 0.422 e. The van der Waals surface area contributed by atoms with Crippen LogP contribution in [0.4, 0.5) is 43.9 Å². The van der Waals surface area contributed by atoms with Gasteiger partial charge in [-0.15, -0.1) is 0 Å². The Morgan fingerprint density at radius 3 is 2.34 bits per heavy atom. The fourth-order valence-corrected chi connectivity index (χ4v) is 3.09. The number of nitrogens with zero attached hydrogens (tertiary/aromatic N) is 4. The third kappa shape index (κ3) is 6.46. The first kappa shape index (κ1) is 24.0. The number of alkyl halides is 6. The zero-order valence-electron chi connectivity index (χ0n) is 17.7. The number of halogens is 6. The van der Waals surface area contributed by atoms with Crippen molar-refractivity contribution >= 4 is 28.5 Å². The second kappa shape index (κ2) is 9.60. The predicted molar refractivity (Wildman–Crippen MR) is 115 cm³/mol. The summed E-state index contributed by atoms with van der Waals surface area (Å²) >= 11 is 0. The minimum atomic E-state index is -4.65. The summed E-state index contributed by atoms with van der Waals surface area (Å²) in [6.45, 7) is -1.51. The molecule has 0 spiro atoms. The summed E-state index contributed by atoms with van der Waals surface area (Å²) in [4.78, 5) is 15.9. The SMILES string of the molecule is FC(F)(F)COc1nc(NCc2cccc3cccnc23)nc(Nc2cccc(C(F)(F)F)c2)n1. The van der Waals surface area contributed by atoms with Crippen LogP contribution in [0.15, 0.2) is 60.8 Å². The number of pyridine rings is 1. The van der Waals surface area contributed by atoms with Gasteiger partial charge in [-0.3, -0.25) is 4.98 Å². The van der Waals surface area contributed by atoms with Crippen molar-refractivity contribution in [3.63, 3.8) is 0 Å². The van der Waals surface area contributed by atoms with Crippen molar-refractivity contribution in [3.8, 4) is 6.01 Å². The van der Waals surface area contributed by atoms with Gasteiger partial charge in [0.05, 0.1) is 11.1 Å². The number of nitrogens with one attached hydrogen (secondary N) is 2. The van der Waals surface area contributed by atoms with Crippen molar-refractivity contribution < 1.29 is 31.1 Å². The maximum absolute atomic E-state index is 13.0. The van der Waals surface area contributed by atoms with Crippen LogP contribution in [0.25, 0.3) is 10.9 Å². The number of hydrogen-bond donors (Lipinski definition) is 2. The van der Waals surface area contributed by atoms with Crippen molar-refractivity contribution in [1.29, 1.82) is 0 Å². The number of fused-ring (bicyclic) bond motifs is 1. The number of anilines is 3. The van der Waals surface area contributed by atoms with Gasteiger partial charge in [-0.05, 0) is 29.8 Å². The maximum atomic E-state index is 13.0. The molecule has 0 amide bonds. The lowest BCUT2D eigenvalue weighted by Crippen LogP contribution is -2.21. The van der Waals surface area contributed by atoms with E-state index < -0.39 is 30.5 Å². The van der Waals surface area contributed by atoms with Crippen molar-refractivity contribution in [2.75, 3.05) is 17.2 Å². The molecule has 2 heterocycles. The average Bonchev–Trinajstić information content (AvgIpc) is 2.80. The number of rotatable bonds is 7. The Kier molecular flexibility index (Phi) is 6.58. The molecule has 2 aromatic carbocycles. The van der Waals surface area contributed by atoms with E-state index in [4.69, 9.17) is 0 Å². The molecule has 4 aromatic rings. The van der Waals surface area contributed by atoms with Crippen molar-refractivity contribution in [1.82, 2.24) is 19.9 Å². The highest BCUT2D eigenvalue weighted by molar-refractivity contribution is 5.81. The lowest BCUT2D eigenvalue weighted by atomic mass is 10.1. The summed E-state index contributed by atoms with van der Waals surface area (Å²) in [5.74, 6) is -0.463. The second-order valence-electron chi connectivity index (χ2n) is 7.22. The normalized spacial score (nSPS) is 11.9. The monoisotopic (exact) mass is 494 g/mol. The van der Waals surface area contributed by atoms with E-state index in [0.717, 1.165) is 23.1 Å². The summed E-state index contributed by atoms with van der Waals surface area (Å²) in [5, 5.41) is 6.29. The molecule has 0 aliphatic rings. The van der Waals surface area contributed by atoms with Crippen LogP contribution in [0, 0.1) is 0 Å². The van der Waals surface area contributed by atoms with Gasteiger partial charge in [-0.25, -0.2) is 0 Å². The molecule has 0 saturated heterocycles. The molecule has 0 aliphatic heterocycles. The highest BCUT2D eigenvalue weighted by Crippen LogP contribution is 2.31. The molecule has 13 heteroatoms. The third-order valence-electron chi connectivity index (χ3n) is 4.58. The Hall–Kier alpha value is -4.16. The van der Waals surface area contributed by atoms with Gasteiger partial charge in [0.25, 0.3) is 0 Å². The largest absolute Gasteiger partial charge is 0.454 e. The van der Waals surface area contributed by atoms with Crippen LogP contribution in [0.5, 0.6) is 6.01 Å². The molecule has 0 bridgehead atoms. The number of hydrogen-bond acceptors (Lipinski definition) is 7. The average molecular weight is 494 g/mol. The molecule has 0 radical (unpaired) electrons. The fraction of sp³-hybridized carbons (Fsp3) is 0.182. The van der Waals surface area contributed by atoms with Gasteiger partial charge >= 0.3 is 18.4 Å². The van der Waals surface area contributed by atoms with Gasteiger partial charge < -0.3 is 15.4 Å². The molecular formula is C22H16F6N6O. The smallest absolute Gasteiger partial charge is 0.422 e. The van der Waals surface area contributed by atoms with Crippen LogP contribution >= 0.6 is 0 Å². The highest BCUT2D eigenvalue weighted by Gasteiger charge is 2.31. The summed E-state index contributed by atoms with van der Waals surface area (Å²) in [5.41, 5.74) is 0.505. The number of aromatic nitrogens is 4. The summed E-state index contributed by atoms with van der Waals surface area (Å²) in [7, 11) is 0. The van der Waals surface area contributed by atoms with Gasteiger partial charge in [-0.2, -0.15) is 41.3 Å². The van der Waals surface area contributed by atoms with E-state index in [9.17, 15) is 26.3 Å². The van der Waals surface area contributed by atoms with Crippen molar-refractivity contribution in [3.05, 3.63) is 71.9 Å². The summed E-state index contributed by atoms with van der Waals surface area (Å²) < 4.78 is 81.5. The van der Waals surface area contributed by atoms with E-state index in [1.165, 1.54) is 12.1 Å². The van der Waals surface area contributed by atoms with Gasteiger partial charge in [0.15, 0.2) is 6.61 Å². The molecule has 0 aliphatic carbocycles. The minimum Gasteiger partial charge on any atom is -0.454 e. The zero-order chi connectivity index (χ0) is 25.1. The quantitative estimate of drug-likeness (QED) is 0.317. The Balaban J connectivity index is 1.60. The molecule has 0 saturated carbocycles. The first-order valence-corrected chi connectivity index (χ1v) is 10.0. The Labute approximate surface area is 194 Å². The Bertz CT molecular complexity index is 1320. The van der Waals surface area contributed by atoms with Crippen molar-refractivity contribution in [2.45, 2.75) is 18.9 Å². The first-order chi connectivity index (χ1) is 16.6. The lowest BCUT2D eigenvalue weighted by Gasteiger charge is -2.13. The Morgan fingerprint density at radius 2 is 1.57 bits per heavy atom. The standard InChI is InChI=1S/C22H16F6N6O/c23-21(24,25)12-35-20-33-18(30-11-14-5-1-4-13-6-3-9-29-17(13)14)32-19(34-20)31-16-8-2-7-15(10-16)22(26,27)28/h1-10H,11-12H2,(H2,30,31,32,33,34). The zero-order valence-corrected chi connectivity index (χ0v) is 17.7. The number of ether oxygens (including phenoxy) is 1. The van der Waals surface area contributed by atoms with Crippen molar-refractivity contribution in [2.24, 2.45) is 0 Å². The van der Waals surface area contributed by atoms with E-state index in [2.05, 4.69) is 35.3 Å². The molecular weight excluding hydrogens is 478 g/mol. The summed E-state index contributed by atoms with van der Waals surface area (Å²) in [6, 6.07) is 12.6. The van der Waals surface area contributed by atoms with E-state index in [1.807, 2.05) is 18.2 Å². The van der Waals surface area contributed by atoms with E-state index >= 15 is 0 Å². The minimum absolute atomic E-state index is 0.0306. The molecule has 35 heavy (non-hydrogen) atoms. The molecule has 2 N–H and O–H groups in total. The van der Waals surface area contributed by atoms with E-state index in [1.54, 1.807) is 18.3 Å². The lowest BCUT2D eigenvalue weighted by molar-refractivity contribution is -0.154. The molecule has 2 aromatic heterocycles. The van der Waals surface area contributed by atoms with Gasteiger partial charge in [-0.1, -0.05) is 30.3 Å². The fourth-order valence-electron chi connectivity index (χ4n) is 3.09. The van der Waals surface area contributed by atoms with Gasteiger partial charge in [0.2, 0.25) is 11.9 Å². The molecule has 0 atom stereocenters. The van der Waals surface area contributed by atoms with Crippen LogP contribution < -0.4 is 15.4 Å². The topological polar surface area (TPSA) is 84.8 Å².